The highest BCUT2D eigenvalue weighted by Crippen LogP contribution is 2.16. The number of carbonyl (C=O) groups excluding carboxylic acids is 1. The lowest BCUT2D eigenvalue weighted by atomic mass is 10.3. The number of thiophene rings is 1. The molecule has 1 amide bonds. The lowest BCUT2D eigenvalue weighted by molar-refractivity contribution is -0.123. The van der Waals surface area contributed by atoms with Crippen molar-refractivity contribution in [3.8, 4) is 0 Å². The topological polar surface area (TPSA) is 20.3 Å². The summed E-state index contributed by atoms with van der Waals surface area (Å²) in [7, 11) is 3.49. The predicted octanol–water partition coefficient (Wildman–Crippen LogP) is 2.16. The van der Waals surface area contributed by atoms with Crippen LogP contribution in [0, 0.1) is 6.92 Å². The number of likely N-dealkylation sites (N-methyl/N-ethyl adjacent to an activating group) is 1. The van der Waals surface area contributed by atoms with Crippen LogP contribution in [0.2, 0.25) is 0 Å². The molecule has 70 valence electrons. The monoisotopic (exact) mass is 195 g/mol. The van der Waals surface area contributed by atoms with Crippen molar-refractivity contribution >= 4 is 23.3 Å². The fraction of sp³-hybridized carbons (Fsp3) is 0.300. The summed E-state index contributed by atoms with van der Waals surface area (Å²) < 4.78 is 0. The molecule has 0 fully saturated rings. The van der Waals surface area contributed by atoms with Gasteiger partial charge in [0.05, 0.1) is 0 Å². The molecule has 0 aromatic carbocycles. The van der Waals surface area contributed by atoms with Gasteiger partial charge >= 0.3 is 0 Å². The molecule has 0 unspecified atom stereocenters. The molecule has 0 aliphatic heterocycles. The van der Waals surface area contributed by atoms with Crippen LogP contribution in [0.5, 0.6) is 0 Å². The van der Waals surface area contributed by atoms with E-state index in [1.807, 2.05) is 24.4 Å². The van der Waals surface area contributed by atoms with Gasteiger partial charge in [0.1, 0.15) is 0 Å². The molecule has 0 radical (unpaired) electrons. The molecule has 3 heteroatoms. The molecule has 1 rings (SSSR count). The molecular formula is C10H13NOS. The van der Waals surface area contributed by atoms with Gasteiger partial charge in [-0.25, -0.2) is 0 Å². The third kappa shape index (κ3) is 2.70. The maximum absolute atomic E-state index is 11.2. The quantitative estimate of drug-likeness (QED) is 0.662. The van der Waals surface area contributed by atoms with Gasteiger partial charge in [-0.1, -0.05) is 0 Å². The first-order valence-corrected chi connectivity index (χ1v) is 4.92. The van der Waals surface area contributed by atoms with E-state index in [0.717, 1.165) is 4.88 Å². The molecule has 1 heterocycles. The van der Waals surface area contributed by atoms with E-state index in [9.17, 15) is 4.79 Å². The second-order valence-corrected chi connectivity index (χ2v) is 3.98. The summed E-state index contributed by atoms with van der Waals surface area (Å²) in [5.74, 6) is 0.0211. The van der Waals surface area contributed by atoms with Crippen LogP contribution in [0.1, 0.15) is 10.4 Å². The van der Waals surface area contributed by atoms with Crippen LogP contribution in [-0.4, -0.2) is 24.9 Å². The van der Waals surface area contributed by atoms with Crippen LogP contribution in [0.15, 0.2) is 17.5 Å². The Hall–Kier alpha value is -1.09. The standard InChI is InChI=1S/C10H13NOS/c1-8-6-7-13-9(8)4-5-10(12)11(2)3/h4-7H,1-3H3. The Kier molecular flexibility index (Phi) is 3.25. The van der Waals surface area contributed by atoms with Crippen molar-refractivity contribution < 1.29 is 4.79 Å². The molecular weight excluding hydrogens is 182 g/mol. The summed E-state index contributed by atoms with van der Waals surface area (Å²) in [5.41, 5.74) is 1.22. The normalized spacial score (nSPS) is 10.7. The van der Waals surface area contributed by atoms with Crippen molar-refractivity contribution in [2.45, 2.75) is 6.92 Å². The van der Waals surface area contributed by atoms with E-state index in [0.29, 0.717) is 0 Å². The van der Waals surface area contributed by atoms with Gasteiger partial charge in [0, 0.05) is 25.0 Å². The molecule has 2 nitrogen and oxygen atoms in total. The highest BCUT2D eigenvalue weighted by molar-refractivity contribution is 7.11. The summed E-state index contributed by atoms with van der Waals surface area (Å²) in [6, 6.07) is 2.05. The Bertz CT molecular complexity index is 325. The zero-order valence-corrected chi connectivity index (χ0v) is 8.89. The van der Waals surface area contributed by atoms with Gasteiger partial charge < -0.3 is 4.90 Å². The Morgan fingerprint density at radius 2 is 2.23 bits per heavy atom. The zero-order valence-electron chi connectivity index (χ0n) is 8.07. The number of rotatable bonds is 2. The van der Waals surface area contributed by atoms with Crippen molar-refractivity contribution in [2.24, 2.45) is 0 Å². The molecule has 0 aliphatic rings. The minimum Gasteiger partial charge on any atom is -0.345 e. The summed E-state index contributed by atoms with van der Waals surface area (Å²) >= 11 is 1.65. The van der Waals surface area contributed by atoms with E-state index in [4.69, 9.17) is 0 Å². The largest absolute Gasteiger partial charge is 0.345 e. The van der Waals surface area contributed by atoms with Crippen molar-refractivity contribution in [3.05, 3.63) is 28.0 Å². The Labute approximate surface area is 82.5 Å². The number of hydrogen-bond donors (Lipinski definition) is 0. The van der Waals surface area contributed by atoms with E-state index in [1.165, 1.54) is 5.56 Å². The first-order chi connectivity index (χ1) is 6.11. The highest BCUT2D eigenvalue weighted by atomic mass is 32.1. The molecule has 13 heavy (non-hydrogen) atoms. The van der Waals surface area contributed by atoms with Crippen molar-refractivity contribution in [3.63, 3.8) is 0 Å². The van der Waals surface area contributed by atoms with Crippen LogP contribution in [0.4, 0.5) is 0 Å². The smallest absolute Gasteiger partial charge is 0.246 e. The van der Waals surface area contributed by atoms with Crippen molar-refractivity contribution in [2.75, 3.05) is 14.1 Å². The van der Waals surface area contributed by atoms with Crippen molar-refractivity contribution in [1.82, 2.24) is 4.90 Å². The summed E-state index contributed by atoms with van der Waals surface area (Å²) in [5, 5.41) is 2.02. The molecule has 0 N–H and O–H groups in total. The Morgan fingerprint density at radius 3 is 2.69 bits per heavy atom. The van der Waals surface area contributed by atoms with Gasteiger partial charge in [0.15, 0.2) is 0 Å². The highest BCUT2D eigenvalue weighted by Gasteiger charge is 1.98. The number of nitrogens with zero attached hydrogens (tertiary/aromatic N) is 1. The summed E-state index contributed by atoms with van der Waals surface area (Å²) in [4.78, 5) is 13.9. The Balaban J connectivity index is 2.69. The van der Waals surface area contributed by atoms with E-state index >= 15 is 0 Å². The molecule has 1 aromatic heterocycles. The van der Waals surface area contributed by atoms with E-state index in [-0.39, 0.29) is 5.91 Å². The molecule has 0 atom stereocenters. The summed E-state index contributed by atoms with van der Waals surface area (Å²) in [6.07, 6.45) is 3.46. The molecule has 0 spiro atoms. The van der Waals surface area contributed by atoms with Crippen molar-refractivity contribution in [1.29, 1.82) is 0 Å². The third-order valence-corrected chi connectivity index (χ3v) is 2.70. The number of aryl methyl sites for hydroxylation is 1. The van der Waals surface area contributed by atoms with E-state index < -0.39 is 0 Å². The van der Waals surface area contributed by atoms with Gasteiger partial charge in [0.25, 0.3) is 0 Å². The number of carbonyl (C=O) groups is 1. The van der Waals surface area contributed by atoms with Gasteiger partial charge in [-0.15, -0.1) is 11.3 Å². The van der Waals surface area contributed by atoms with Crippen LogP contribution < -0.4 is 0 Å². The maximum Gasteiger partial charge on any atom is 0.246 e. The second kappa shape index (κ2) is 4.23. The molecule has 0 bridgehead atoms. The lowest BCUT2D eigenvalue weighted by Gasteiger charge is -2.04. The summed E-state index contributed by atoms with van der Waals surface area (Å²) in [6.45, 7) is 2.04. The molecule has 0 saturated heterocycles. The minimum absolute atomic E-state index is 0.0211. The molecule has 0 saturated carbocycles. The van der Waals surface area contributed by atoms with Gasteiger partial charge in [-0.3, -0.25) is 4.79 Å². The molecule has 1 aromatic rings. The lowest BCUT2D eigenvalue weighted by Crippen LogP contribution is -2.18. The van der Waals surface area contributed by atoms with Crippen LogP contribution in [0.3, 0.4) is 0 Å². The second-order valence-electron chi connectivity index (χ2n) is 3.03. The van der Waals surface area contributed by atoms with Gasteiger partial charge in [-0.05, 0) is 30.0 Å². The predicted molar refractivity (Wildman–Crippen MR) is 56.8 cm³/mol. The minimum atomic E-state index is 0.0211. The van der Waals surface area contributed by atoms with E-state index in [1.54, 1.807) is 36.4 Å². The van der Waals surface area contributed by atoms with Crippen LogP contribution in [-0.2, 0) is 4.79 Å². The first-order valence-electron chi connectivity index (χ1n) is 4.04. The first kappa shape index (κ1) is 9.99. The van der Waals surface area contributed by atoms with Gasteiger partial charge in [0.2, 0.25) is 5.91 Å². The Morgan fingerprint density at radius 1 is 1.54 bits per heavy atom. The SMILES string of the molecule is Cc1ccsc1C=CC(=O)N(C)C. The fourth-order valence-corrected chi connectivity index (χ4v) is 1.67. The van der Waals surface area contributed by atoms with Crippen LogP contribution in [0.25, 0.3) is 6.08 Å². The zero-order chi connectivity index (χ0) is 9.84. The van der Waals surface area contributed by atoms with Crippen LogP contribution >= 0.6 is 11.3 Å². The number of amides is 1. The van der Waals surface area contributed by atoms with E-state index in [2.05, 4.69) is 0 Å². The maximum atomic E-state index is 11.2. The fourth-order valence-electron chi connectivity index (χ4n) is 0.851. The number of hydrogen-bond acceptors (Lipinski definition) is 2. The van der Waals surface area contributed by atoms with Gasteiger partial charge in [-0.2, -0.15) is 0 Å². The average molecular weight is 195 g/mol. The average Bonchev–Trinajstić information content (AvgIpc) is 2.47. The third-order valence-electron chi connectivity index (χ3n) is 1.72. The molecule has 0 aliphatic carbocycles.